The molecule has 0 bridgehead atoms. The Morgan fingerprint density at radius 2 is 1.94 bits per heavy atom. The summed E-state index contributed by atoms with van der Waals surface area (Å²) in [7, 11) is 1.50. The van der Waals surface area contributed by atoms with Crippen LogP contribution in [0.1, 0.15) is 38.3 Å². The van der Waals surface area contributed by atoms with E-state index < -0.39 is 11.7 Å². The summed E-state index contributed by atoms with van der Waals surface area (Å²) in [5, 5.41) is 0. The van der Waals surface area contributed by atoms with Crippen LogP contribution in [0.3, 0.4) is 0 Å². The molecule has 1 amide bonds. The van der Waals surface area contributed by atoms with Crippen molar-refractivity contribution >= 4 is 5.91 Å². The largest absolute Gasteiger partial charge is 0.495 e. The lowest BCUT2D eigenvalue weighted by atomic mass is 9.94. The summed E-state index contributed by atoms with van der Waals surface area (Å²) in [5.74, 6) is 6.04. The van der Waals surface area contributed by atoms with Crippen molar-refractivity contribution < 1.29 is 22.7 Å². The molecule has 0 N–H and O–H groups in total. The van der Waals surface area contributed by atoms with Crippen LogP contribution >= 0.6 is 0 Å². The number of pyridine rings is 1. The van der Waals surface area contributed by atoms with Crippen molar-refractivity contribution in [2.75, 3.05) is 13.7 Å². The first-order valence-corrected chi connectivity index (χ1v) is 9.95. The molecule has 4 rings (SSSR count). The third-order valence-corrected chi connectivity index (χ3v) is 5.30. The highest BCUT2D eigenvalue weighted by molar-refractivity contribution is 5.95. The number of amides is 1. The quantitative estimate of drug-likeness (QED) is 0.547. The zero-order valence-corrected chi connectivity index (χ0v) is 17.2. The molecule has 0 atom stereocenters. The molecule has 32 heavy (non-hydrogen) atoms. The number of benzene rings is 2. The van der Waals surface area contributed by atoms with Crippen molar-refractivity contribution in [3.8, 4) is 17.6 Å². The number of alkyl halides is 3. The van der Waals surface area contributed by atoms with Crippen LogP contribution in [0.4, 0.5) is 13.2 Å². The molecule has 0 fully saturated rings. The Kier molecular flexibility index (Phi) is 5.87. The van der Waals surface area contributed by atoms with Crippen LogP contribution in [0.15, 0.2) is 60.8 Å². The van der Waals surface area contributed by atoms with Crippen LogP contribution in [-0.2, 0) is 19.1 Å². The summed E-state index contributed by atoms with van der Waals surface area (Å²) < 4.78 is 45.7. The molecule has 1 aromatic heterocycles. The second-order valence-electron chi connectivity index (χ2n) is 7.30. The van der Waals surface area contributed by atoms with Gasteiger partial charge >= 0.3 is 6.18 Å². The molecule has 0 saturated heterocycles. The minimum atomic E-state index is -4.47. The molecule has 4 nitrogen and oxygen atoms in total. The normalized spacial score (nSPS) is 13.1. The maximum atomic E-state index is 13.5. The molecule has 0 spiro atoms. The Morgan fingerprint density at radius 1 is 1.09 bits per heavy atom. The summed E-state index contributed by atoms with van der Waals surface area (Å²) in [5.41, 5.74) is 1.49. The number of ether oxygens (including phenoxy) is 1. The number of hydrogen-bond acceptors (Lipinski definition) is 3. The van der Waals surface area contributed by atoms with Gasteiger partial charge < -0.3 is 9.64 Å². The predicted octanol–water partition coefficient (Wildman–Crippen LogP) is 4.71. The highest BCUT2D eigenvalue weighted by atomic mass is 19.4. The number of carbonyl (C=O) groups excluding carboxylic acids is 1. The van der Waals surface area contributed by atoms with Crippen molar-refractivity contribution in [3.63, 3.8) is 0 Å². The van der Waals surface area contributed by atoms with Crippen molar-refractivity contribution in [1.29, 1.82) is 0 Å². The summed E-state index contributed by atoms with van der Waals surface area (Å²) in [4.78, 5) is 18.7. The number of rotatable bonds is 2. The Morgan fingerprint density at radius 3 is 2.66 bits per heavy atom. The first-order valence-electron chi connectivity index (χ1n) is 9.95. The third kappa shape index (κ3) is 4.45. The van der Waals surface area contributed by atoms with Crippen LogP contribution in [0.25, 0.3) is 0 Å². The topological polar surface area (TPSA) is 42.4 Å². The maximum Gasteiger partial charge on any atom is 0.416 e. The molecule has 2 aromatic carbocycles. The van der Waals surface area contributed by atoms with Crippen molar-refractivity contribution in [1.82, 2.24) is 9.88 Å². The molecule has 0 unspecified atom stereocenters. The molecule has 7 heteroatoms. The average Bonchev–Trinajstić information content (AvgIpc) is 2.81. The Balaban J connectivity index is 1.63. The summed E-state index contributed by atoms with van der Waals surface area (Å²) in [6, 6.07) is 14.3. The van der Waals surface area contributed by atoms with Gasteiger partial charge in [0.2, 0.25) is 0 Å². The standard InChI is InChI=1S/C25H19F3N2O2/c1-32-23-11-9-19(15-18(23)8-10-20-6-2-3-13-29-20)24(31)30-14-12-17-5-4-7-22(21(17)16-30)25(26,27)28/h2-7,9,11,13,15H,12,14,16H2,1H3. The van der Waals surface area contributed by atoms with E-state index in [9.17, 15) is 18.0 Å². The van der Waals surface area contributed by atoms with Gasteiger partial charge in [-0.15, -0.1) is 0 Å². The van der Waals surface area contributed by atoms with Crippen LogP contribution in [0.5, 0.6) is 5.75 Å². The van der Waals surface area contributed by atoms with Crippen LogP contribution in [-0.4, -0.2) is 29.4 Å². The third-order valence-electron chi connectivity index (χ3n) is 5.30. The van der Waals surface area contributed by atoms with Crippen LogP contribution in [0, 0.1) is 11.8 Å². The van der Waals surface area contributed by atoms with Crippen molar-refractivity contribution in [2.24, 2.45) is 0 Å². The minimum Gasteiger partial charge on any atom is -0.495 e. The first kappa shape index (κ1) is 21.4. The Hall–Kier alpha value is -3.79. The number of aromatic nitrogens is 1. The SMILES string of the molecule is COc1ccc(C(=O)N2CCc3cccc(C(F)(F)F)c3C2)cc1C#Cc1ccccn1. The van der Waals surface area contributed by atoms with E-state index in [-0.39, 0.29) is 18.0 Å². The maximum absolute atomic E-state index is 13.5. The molecule has 0 saturated carbocycles. The van der Waals surface area contributed by atoms with E-state index in [0.29, 0.717) is 41.1 Å². The number of carbonyl (C=O) groups is 1. The van der Waals surface area contributed by atoms with Gasteiger partial charge in [-0.1, -0.05) is 24.1 Å². The lowest BCUT2D eigenvalue weighted by Gasteiger charge is -2.31. The van der Waals surface area contributed by atoms with E-state index in [0.717, 1.165) is 6.07 Å². The fraction of sp³-hybridized carbons (Fsp3) is 0.200. The number of halogens is 3. The second kappa shape index (κ2) is 8.75. The van der Waals surface area contributed by atoms with Gasteiger partial charge in [-0.25, -0.2) is 4.98 Å². The first-order chi connectivity index (χ1) is 15.4. The van der Waals surface area contributed by atoms with E-state index in [1.807, 2.05) is 6.07 Å². The lowest BCUT2D eigenvalue weighted by Crippen LogP contribution is -2.37. The average molecular weight is 436 g/mol. The molecular weight excluding hydrogens is 417 g/mol. The molecule has 3 aromatic rings. The Labute approximate surface area is 183 Å². The van der Waals surface area contributed by atoms with Crippen molar-refractivity contribution in [3.05, 3.63) is 94.3 Å². The number of methoxy groups -OCH3 is 1. The number of fused-ring (bicyclic) bond motifs is 1. The molecule has 1 aliphatic heterocycles. The smallest absolute Gasteiger partial charge is 0.416 e. The van der Waals surface area contributed by atoms with Gasteiger partial charge in [0.1, 0.15) is 11.4 Å². The lowest BCUT2D eigenvalue weighted by molar-refractivity contribution is -0.138. The summed E-state index contributed by atoms with van der Waals surface area (Å²) in [6.07, 6.45) is -2.47. The fourth-order valence-corrected chi connectivity index (χ4v) is 3.71. The van der Waals surface area contributed by atoms with Gasteiger partial charge in [0.05, 0.1) is 18.2 Å². The van der Waals surface area contributed by atoms with Gasteiger partial charge in [0.15, 0.2) is 0 Å². The van der Waals surface area contributed by atoms with Crippen molar-refractivity contribution in [2.45, 2.75) is 19.1 Å². The Bertz CT molecular complexity index is 1210. The van der Waals surface area contributed by atoms with E-state index in [2.05, 4.69) is 16.8 Å². The number of hydrogen-bond donors (Lipinski definition) is 0. The van der Waals surface area contributed by atoms with Crippen LogP contribution in [0.2, 0.25) is 0 Å². The molecular formula is C25H19F3N2O2. The van der Waals surface area contributed by atoms with E-state index in [1.54, 1.807) is 42.6 Å². The highest BCUT2D eigenvalue weighted by Crippen LogP contribution is 2.36. The zero-order valence-electron chi connectivity index (χ0n) is 17.2. The molecule has 1 aliphatic rings. The summed E-state index contributed by atoms with van der Waals surface area (Å²) >= 11 is 0. The monoisotopic (exact) mass is 436 g/mol. The molecule has 0 radical (unpaired) electrons. The van der Waals surface area contributed by atoms with Gasteiger partial charge in [-0.3, -0.25) is 4.79 Å². The van der Waals surface area contributed by atoms with E-state index in [1.165, 1.54) is 18.1 Å². The highest BCUT2D eigenvalue weighted by Gasteiger charge is 2.36. The second-order valence-corrected chi connectivity index (χ2v) is 7.30. The van der Waals surface area contributed by atoms with E-state index in [4.69, 9.17) is 4.74 Å². The summed E-state index contributed by atoms with van der Waals surface area (Å²) in [6.45, 7) is 0.249. The fourth-order valence-electron chi connectivity index (χ4n) is 3.71. The van der Waals surface area contributed by atoms with Gasteiger partial charge in [-0.2, -0.15) is 13.2 Å². The van der Waals surface area contributed by atoms with Gasteiger partial charge in [0, 0.05) is 24.8 Å². The zero-order chi connectivity index (χ0) is 22.7. The molecule has 2 heterocycles. The molecule has 0 aliphatic carbocycles. The predicted molar refractivity (Wildman–Crippen MR) is 113 cm³/mol. The van der Waals surface area contributed by atoms with Gasteiger partial charge in [0.25, 0.3) is 5.91 Å². The van der Waals surface area contributed by atoms with E-state index >= 15 is 0 Å². The molecule has 162 valence electrons. The van der Waals surface area contributed by atoms with Crippen LogP contribution < -0.4 is 4.74 Å². The number of nitrogens with zero attached hydrogens (tertiary/aromatic N) is 2. The van der Waals surface area contributed by atoms with Gasteiger partial charge in [-0.05, 0) is 59.9 Å². The minimum absolute atomic E-state index is 0.0924.